The highest BCUT2D eigenvalue weighted by atomic mass is 16.2. The normalized spacial score (nSPS) is 12.4. The van der Waals surface area contributed by atoms with E-state index in [4.69, 9.17) is 0 Å². The zero-order valence-corrected chi connectivity index (χ0v) is 15.8. The van der Waals surface area contributed by atoms with Crippen molar-refractivity contribution in [2.45, 2.75) is 46.7 Å². The van der Waals surface area contributed by atoms with Crippen LogP contribution >= 0.6 is 0 Å². The number of nitrogens with one attached hydrogen (secondary N) is 1. The van der Waals surface area contributed by atoms with Crippen LogP contribution in [0.5, 0.6) is 0 Å². The molecule has 0 aliphatic heterocycles. The van der Waals surface area contributed by atoms with E-state index in [2.05, 4.69) is 53.4 Å². The fourth-order valence-corrected chi connectivity index (χ4v) is 3.22. The van der Waals surface area contributed by atoms with Crippen LogP contribution < -0.4 is 5.32 Å². The number of hydrogen-bond acceptors (Lipinski definition) is 3. The third-order valence-electron chi connectivity index (χ3n) is 4.57. The van der Waals surface area contributed by atoms with Crippen molar-refractivity contribution in [3.05, 3.63) is 53.3 Å². The number of rotatable bonds is 9. The summed E-state index contributed by atoms with van der Waals surface area (Å²) < 4.78 is 1.76. The molecule has 1 amide bonds. The summed E-state index contributed by atoms with van der Waals surface area (Å²) >= 11 is 0. The predicted molar refractivity (Wildman–Crippen MR) is 102 cm³/mol. The van der Waals surface area contributed by atoms with Crippen LogP contribution in [0.2, 0.25) is 0 Å². The van der Waals surface area contributed by atoms with Gasteiger partial charge in [0.25, 0.3) is 0 Å². The Balaban J connectivity index is 1.96. The molecular weight excluding hydrogens is 312 g/mol. The quantitative estimate of drug-likeness (QED) is 0.762. The topological polar surface area (TPSA) is 50.2 Å². The summed E-state index contributed by atoms with van der Waals surface area (Å²) in [6.07, 6.45) is 0.933. The van der Waals surface area contributed by atoms with E-state index in [-0.39, 0.29) is 12.5 Å². The van der Waals surface area contributed by atoms with Gasteiger partial charge in [0.2, 0.25) is 5.91 Å². The van der Waals surface area contributed by atoms with Crippen LogP contribution in [0.1, 0.15) is 30.8 Å². The Kier molecular flexibility index (Phi) is 7.19. The molecule has 1 aromatic heterocycles. The fourth-order valence-electron chi connectivity index (χ4n) is 3.22. The molecule has 1 heterocycles. The van der Waals surface area contributed by atoms with Crippen molar-refractivity contribution in [2.24, 2.45) is 0 Å². The molecule has 5 nitrogen and oxygen atoms in total. The zero-order valence-electron chi connectivity index (χ0n) is 15.8. The van der Waals surface area contributed by atoms with Gasteiger partial charge in [0.05, 0.1) is 5.69 Å². The molecule has 136 valence electrons. The van der Waals surface area contributed by atoms with Crippen molar-refractivity contribution in [1.82, 2.24) is 20.0 Å². The lowest BCUT2D eigenvalue weighted by Gasteiger charge is -2.30. The minimum absolute atomic E-state index is 0.0106. The van der Waals surface area contributed by atoms with Gasteiger partial charge in [0.1, 0.15) is 6.54 Å². The van der Waals surface area contributed by atoms with Crippen molar-refractivity contribution < 1.29 is 4.79 Å². The van der Waals surface area contributed by atoms with Gasteiger partial charge >= 0.3 is 0 Å². The Morgan fingerprint density at radius 2 is 1.88 bits per heavy atom. The Hall–Kier alpha value is -2.14. The third-order valence-corrected chi connectivity index (χ3v) is 4.57. The number of hydrogen-bond donors (Lipinski definition) is 1. The average Bonchev–Trinajstić information content (AvgIpc) is 2.91. The van der Waals surface area contributed by atoms with Crippen molar-refractivity contribution in [3.63, 3.8) is 0 Å². The van der Waals surface area contributed by atoms with E-state index in [1.165, 1.54) is 5.56 Å². The van der Waals surface area contributed by atoms with E-state index >= 15 is 0 Å². The highest BCUT2D eigenvalue weighted by molar-refractivity contribution is 5.75. The fraction of sp³-hybridized carbons (Fsp3) is 0.500. The first-order chi connectivity index (χ1) is 12.0. The summed E-state index contributed by atoms with van der Waals surface area (Å²) in [5, 5.41) is 7.45. The Labute approximate surface area is 151 Å². The van der Waals surface area contributed by atoms with E-state index < -0.39 is 0 Å². The van der Waals surface area contributed by atoms with E-state index in [0.717, 1.165) is 30.9 Å². The van der Waals surface area contributed by atoms with Gasteiger partial charge in [0.15, 0.2) is 0 Å². The van der Waals surface area contributed by atoms with Crippen LogP contribution in [0.15, 0.2) is 36.4 Å². The minimum Gasteiger partial charge on any atom is -0.353 e. The van der Waals surface area contributed by atoms with Gasteiger partial charge in [-0.3, -0.25) is 14.4 Å². The van der Waals surface area contributed by atoms with Crippen LogP contribution in [0, 0.1) is 13.8 Å². The lowest BCUT2D eigenvalue weighted by molar-refractivity contribution is -0.122. The van der Waals surface area contributed by atoms with Crippen LogP contribution in [0.25, 0.3) is 0 Å². The number of likely N-dealkylation sites (N-methyl/N-ethyl adjacent to an activating group) is 1. The minimum atomic E-state index is 0.0106. The molecule has 0 radical (unpaired) electrons. The standard InChI is InChI=1S/C20H30N4O/c1-5-23(6-2)19(13-18-10-8-7-9-11-18)14-21-20(25)15-24-17(4)12-16(3)22-24/h7-12,19H,5-6,13-15H2,1-4H3,(H,21,25). The largest absolute Gasteiger partial charge is 0.353 e. The van der Waals surface area contributed by atoms with Crippen LogP contribution in [0.4, 0.5) is 0 Å². The first kappa shape index (κ1) is 19.2. The number of carbonyl (C=O) groups excluding carboxylic acids is 1. The van der Waals surface area contributed by atoms with Crippen LogP contribution in [-0.2, 0) is 17.8 Å². The van der Waals surface area contributed by atoms with E-state index in [0.29, 0.717) is 12.6 Å². The molecule has 1 atom stereocenters. The number of amides is 1. The second kappa shape index (κ2) is 9.37. The molecule has 0 aliphatic rings. The summed E-state index contributed by atoms with van der Waals surface area (Å²) in [5.41, 5.74) is 3.25. The summed E-state index contributed by atoms with van der Waals surface area (Å²) in [6.45, 7) is 11.1. The molecule has 0 bridgehead atoms. The lowest BCUT2D eigenvalue weighted by atomic mass is 10.0. The number of aryl methyl sites for hydroxylation is 2. The molecule has 5 heteroatoms. The summed E-state index contributed by atoms with van der Waals surface area (Å²) in [4.78, 5) is 14.7. The highest BCUT2D eigenvalue weighted by Gasteiger charge is 2.17. The van der Waals surface area contributed by atoms with Gasteiger partial charge < -0.3 is 5.32 Å². The number of carbonyl (C=O) groups is 1. The van der Waals surface area contributed by atoms with Crippen molar-refractivity contribution >= 4 is 5.91 Å². The molecule has 1 N–H and O–H groups in total. The predicted octanol–water partition coefficient (Wildman–Crippen LogP) is 2.57. The Morgan fingerprint density at radius 3 is 2.44 bits per heavy atom. The molecule has 1 unspecified atom stereocenters. The second-order valence-corrected chi connectivity index (χ2v) is 6.45. The first-order valence-electron chi connectivity index (χ1n) is 9.09. The van der Waals surface area contributed by atoms with Gasteiger partial charge in [-0.05, 0) is 45.0 Å². The maximum atomic E-state index is 12.3. The van der Waals surface area contributed by atoms with Gasteiger partial charge in [-0.25, -0.2) is 0 Å². The third kappa shape index (κ3) is 5.71. The summed E-state index contributed by atoms with van der Waals surface area (Å²) in [7, 11) is 0. The molecule has 2 rings (SSSR count). The molecule has 0 aliphatic carbocycles. The lowest BCUT2D eigenvalue weighted by Crippen LogP contribution is -2.45. The second-order valence-electron chi connectivity index (χ2n) is 6.45. The smallest absolute Gasteiger partial charge is 0.241 e. The Morgan fingerprint density at radius 1 is 1.20 bits per heavy atom. The number of aromatic nitrogens is 2. The monoisotopic (exact) mass is 342 g/mol. The molecule has 1 aromatic carbocycles. The highest BCUT2D eigenvalue weighted by Crippen LogP contribution is 2.09. The maximum absolute atomic E-state index is 12.3. The van der Waals surface area contributed by atoms with Crippen molar-refractivity contribution in [1.29, 1.82) is 0 Å². The molecule has 25 heavy (non-hydrogen) atoms. The summed E-state index contributed by atoms with van der Waals surface area (Å²) in [5.74, 6) is 0.0106. The van der Waals surface area contributed by atoms with Crippen LogP contribution in [0.3, 0.4) is 0 Å². The molecule has 0 spiro atoms. The average molecular weight is 342 g/mol. The van der Waals surface area contributed by atoms with E-state index in [1.807, 2.05) is 26.0 Å². The van der Waals surface area contributed by atoms with E-state index in [9.17, 15) is 4.79 Å². The molecule has 0 fully saturated rings. The zero-order chi connectivity index (χ0) is 18.2. The number of benzene rings is 1. The molecular formula is C20H30N4O. The number of nitrogens with zero attached hydrogens (tertiary/aromatic N) is 3. The molecule has 0 saturated carbocycles. The van der Waals surface area contributed by atoms with Gasteiger partial charge in [-0.1, -0.05) is 44.2 Å². The van der Waals surface area contributed by atoms with Crippen LogP contribution in [-0.4, -0.2) is 46.3 Å². The van der Waals surface area contributed by atoms with Crippen molar-refractivity contribution in [2.75, 3.05) is 19.6 Å². The first-order valence-corrected chi connectivity index (χ1v) is 9.09. The molecule has 0 saturated heterocycles. The molecule has 2 aromatic rings. The SMILES string of the molecule is CCN(CC)C(CNC(=O)Cn1nc(C)cc1C)Cc1ccccc1. The Bertz CT molecular complexity index is 662. The van der Waals surface area contributed by atoms with E-state index in [1.54, 1.807) is 4.68 Å². The maximum Gasteiger partial charge on any atom is 0.241 e. The van der Waals surface area contributed by atoms with Gasteiger partial charge in [0, 0.05) is 18.3 Å². The van der Waals surface area contributed by atoms with Crippen molar-refractivity contribution in [3.8, 4) is 0 Å². The summed E-state index contributed by atoms with van der Waals surface area (Å²) in [6, 6.07) is 12.7. The van der Waals surface area contributed by atoms with Gasteiger partial charge in [-0.2, -0.15) is 5.10 Å². The van der Waals surface area contributed by atoms with Gasteiger partial charge in [-0.15, -0.1) is 0 Å².